The number of ether oxygens (including phenoxy) is 1. The molecule has 5 atom stereocenters. The van der Waals surface area contributed by atoms with E-state index < -0.39 is 30.2 Å². The number of aliphatic hydroxyl groups is 2. The number of nitrogens with zero attached hydrogens (tertiary/aromatic N) is 2. The number of hydrogen-bond acceptors (Lipinski definition) is 7. The molecule has 0 bridgehead atoms. The average molecular weight is 289 g/mol. The summed E-state index contributed by atoms with van der Waals surface area (Å²) in [5.41, 5.74) is 4.77. The predicted molar refractivity (Wildman–Crippen MR) is 69.0 cm³/mol. The van der Waals surface area contributed by atoms with Crippen LogP contribution in [0.5, 0.6) is 0 Å². The van der Waals surface area contributed by atoms with Crippen molar-refractivity contribution in [2.24, 2.45) is 0 Å². The van der Waals surface area contributed by atoms with Crippen LogP contribution in [-0.4, -0.2) is 51.3 Å². The van der Waals surface area contributed by atoms with Gasteiger partial charge in [-0.2, -0.15) is 4.98 Å². The van der Waals surface area contributed by atoms with Gasteiger partial charge in [-0.25, -0.2) is 4.79 Å². The Hall–Kier alpha value is -1.05. The van der Waals surface area contributed by atoms with E-state index in [1.807, 2.05) is 0 Å². The Labute approximate surface area is 111 Å². The number of anilines is 1. The molecule has 8 nitrogen and oxygen atoms in total. The standard InChI is InChI=1S/C10H16N3O5P/c1-19-18-8-5(4-14)17-9(7(8)15)13-3-2-6(11)12-10(13)16/h2-3,5,7-9,14-15,19H,4H2,1H3,(H2,11,12,16)/t5-,7-,8-,9-/m0/s1. The fraction of sp³-hybridized carbons (Fsp3) is 0.600. The molecule has 1 aliphatic heterocycles. The molecule has 4 N–H and O–H groups in total. The fourth-order valence-electron chi connectivity index (χ4n) is 2.00. The van der Waals surface area contributed by atoms with Crippen LogP contribution < -0.4 is 11.4 Å². The lowest BCUT2D eigenvalue weighted by Crippen LogP contribution is -2.36. The van der Waals surface area contributed by atoms with Gasteiger partial charge in [0.25, 0.3) is 0 Å². The minimum atomic E-state index is -1.06. The summed E-state index contributed by atoms with van der Waals surface area (Å²) in [7, 11) is 0.135. The molecular weight excluding hydrogens is 273 g/mol. The molecule has 0 aliphatic carbocycles. The van der Waals surface area contributed by atoms with Gasteiger partial charge in [-0.05, 0) is 12.7 Å². The highest BCUT2D eigenvalue weighted by Crippen LogP contribution is 2.33. The summed E-state index contributed by atoms with van der Waals surface area (Å²) in [4.78, 5) is 15.3. The predicted octanol–water partition coefficient (Wildman–Crippen LogP) is -1.32. The van der Waals surface area contributed by atoms with Crippen molar-refractivity contribution in [2.75, 3.05) is 19.0 Å². The Morgan fingerprint density at radius 1 is 1.68 bits per heavy atom. The van der Waals surface area contributed by atoms with E-state index >= 15 is 0 Å². The lowest BCUT2D eigenvalue weighted by atomic mass is 10.1. The zero-order chi connectivity index (χ0) is 14.0. The first-order chi connectivity index (χ1) is 9.08. The molecule has 19 heavy (non-hydrogen) atoms. The van der Waals surface area contributed by atoms with Gasteiger partial charge in [0, 0.05) is 15.0 Å². The maximum absolute atomic E-state index is 11.7. The Bertz CT molecular complexity index is 496. The molecule has 0 saturated carbocycles. The second-order valence-corrected chi connectivity index (χ2v) is 4.71. The van der Waals surface area contributed by atoms with E-state index in [4.69, 9.17) is 15.0 Å². The van der Waals surface area contributed by atoms with Crippen molar-refractivity contribution in [3.63, 3.8) is 0 Å². The lowest BCUT2D eigenvalue weighted by Gasteiger charge is -2.19. The highest BCUT2D eigenvalue weighted by atomic mass is 31.1. The van der Waals surface area contributed by atoms with Crippen LogP contribution in [-0.2, 0) is 9.26 Å². The van der Waals surface area contributed by atoms with Crippen LogP contribution in [0.15, 0.2) is 17.1 Å². The molecule has 9 heteroatoms. The van der Waals surface area contributed by atoms with Crippen LogP contribution in [0.1, 0.15) is 6.23 Å². The first-order valence-corrected chi connectivity index (χ1v) is 7.10. The van der Waals surface area contributed by atoms with E-state index in [0.717, 1.165) is 4.57 Å². The van der Waals surface area contributed by atoms with Crippen molar-refractivity contribution < 1.29 is 19.5 Å². The summed E-state index contributed by atoms with van der Waals surface area (Å²) < 4.78 is 12.0. The topological polar surface area (TPSA) is 120 Å². The molecular formula is C10H16N3O5P. The molecule has 1 saturated heterocycles. The summed E-state index contributed by atoms with van der Waals surface area (Å²) in [6.45, 7) is 1.49. The van der Waals surface area contributed by atoms with Crippen molar-refractivity contribution in [2.45, 2.75) is 24.5 Å². The first kappa shape index (κ1) is 14.4. The van der Waals surface area contributed by atoms with Gasteiger partial charge in [-0.1, -0.05) is 0 Å². The van der Waals surface area contributed by atoms with Gasteiger partial charge in [0.2, 0.25) is 0 Å². The maximum atomic E-state index is 11.7. The van der Waals surface area contributed by atoms with Gasteiger partial charge >= 0.3 is 5.69 Å². The third kappa shape index (κ3) is 2.77. The van der Waals surface area contributed by atoms with Crippen molar-refractivity contribution in [1.29, 1.82) is 0 Å². The number of aliphatic hydroxyl groups excluding tert-OH is 2. The Morgan fingerprint density at radius 3 is 3.00 bits per heavy atom. The number of hydrogen-bond donors (Lipinski definition) is 3. The molecule has 1 unspecified atom stereocenters. The second kappa shape index (κ2) is 5.94. The minimum absolute atomic E-state index is 0.0929. The second-order valence-electron chi connectivity index (χ2n) is 4.07. The monoisotopic (exact) mass is 289 g/mol. The molecule has 2 rings (SSSR count). The normalized spacial score (nSPS) is 31.3. The summed E-state index contributed by atoms with van der Waals surface area (Å²) in [5, 5.41) is 19.4. The third-order valence-electron chi connectivity index (χ3n) is 2.87. The average Bonchev–Trinajstić information content (AvgIpc) is 2.68. The number of nitrogens with two attached hydrogens (primary N) is 1. The number of aromatic nitrogens is 2. The molecule has 0 aromatic carbocycles. The SMILES string of the molecule is CPO[C@@H]1[C@H](O)[C@@H](n2ccc(N)nc2=O)O[C@H]1CO. The molecule has 0 radical (unpaired) electrons. The molecule has 1 aromatic rings. The van der Waals surface area contributed by atoms with Crippen LogP contribution >= 0.6 is 8.81 Å². The molecule has 0 amide bonds. The summed E-state index contributed by atoms with van der Waals surface area (Å²) in [6.07, 6.45) is -1.98. The van der Waals surface area contributed by atoms with E-state index in [1.54, 1.807) is 6.66 Å². The van der Waals surface area contributed by atoms with Crippen LogP contribution in [0.2, 0.25) is 0 Å². The van der Waals surface area contributed by atoms with E-state index in [9.17, 15) is 15.0 Å². The van der Waals surface area contributed by atoms with Crippen LogP contribution in [0, 0.1) is 0 Å². The quantitative estimate of drug-likeness (QED) is 0.588. The molecule has 106 valence electrons. The molecule has 0 spiro atoms. The van der Waals surface area contributed by atoms with Crippen LogP contribution in [0.3, 0.4) is 0 Å². The van der Waals surface area contributed by atoms with E-state index in [-0.39, 0.29) is 21.2 Å². The third-order valence-corrected chi connectivity index (χ3v) is 3.38. The highest BCUT2D eigenvalue weighted by Gasteiger charge is 2.45. The van der Waals surface area contributed by atoms with E-state index in [1.165, 1.54) is 12.3 Å². The number of nitrogen functional groups attached to an aromatic ring is 1. The number of rotatable bonds is 4. The Balaban J connectivity index is 2.28. The lowest BCUT2D eigenvalue weighted by molar-refractivity contribution is -0.0541. The van der Waals surface area contributed by atoms with Gasteiger partial charge in [-0.3, -0.25) is 4.57 Å². The largest absolute Gasteiger partial charge is 0.394 e. The molecule has 1 aliphatic rings. The van der Waals surface area contributed by atoms with Crippen LogP contribution in [0.25, 0.3) is 0 Å². The van der Waals surface area contributed by atoms with E-state index in [0.29, 0.717) is 0 Å². The van der Waals surface area contributed by atoms with Gasteiger partial charge < -0.3 is 25.2 Å². The maximum Gasteiger partial charge on any atom is 0.351 e. The van der Waals surface area contributed by atoms with Crippen molar-refractivity contribution in [3.8, 4) is 0 Å². The van der Waals surface area contributed by atoms with Gasteiger partial charge in [0.1, 0.15) is 24.1 Å². The zero-order valence-electron chi connectivity index (χ0n) is 10.3. The van der Waals surface area contributed by atoms with E-state index in [2.05, 4.69) is 4.98 Å². The van der Waals surface area contributed by atoms with Crippen LogP contribution in [0.4, 0.5) is 5.82 Å². The van der Waals surface area contributed by atoms with Crippen molar-refractivity contribution >= 4 is 14.6 Å². The Kier molecular flexibility index (Phi) is 4.49. The van der Waals surface area contributed by atoms with Gasteiger partial charge in [0.15, 0.2) is 6.23 Å². The summed E-state index contributed by atoms with van der Waals surface area (Å²) in [6, 6.07) is 1.43. The fourth-order valence-corrected chi connectivity index (χ4v) is 2.56. The van der Waals surface area contributed by atoms with Crippen molar-refractivity contribution in [3.05, 3.63) is 22.7 Å². The van der Waals surface area contributed by atoms with Gasteiger partial charge in [0.05, 0.1) is 6.61 Å². The zero-order valence-corrected chi connectivity index (χ0v) is 11.3. The molecule has 1 aromatic heterocycles. The van der Waals surface area contributed by atoms with Gasteiger partial charge in [-0.15, -0.1) is 0 Å². The Morgan fingerprint density at radius 2 is 2.42 bits per heavy atom. The minimum Gasteiger partial charge on any atom is -0.394 e. The summed E-state index contributed by atoms with van der Waals surface area (Å²) >= 11 is 0. The molecule has 2 heterocycles. The molecule has 1 fully saturated rings. The summed E-state index contributed by atoms with van der Waals surface area (Å²) in [5.74, 6) is 0.0929. The highest BCUT2D eigenvalue weighted by molar-refractivity contribution is 7.31. The van der Waals surface area contributed by atoms with Crippen molar-refractivity contribution in [1.82, 2.24) is 9.55 Å². The first-order valence-electron chi connectivity index (χ1n) is 5.70. The smallest absolute Gasteiger partial charge is 0.351 e.